The second kappa shape index (κ2) is 9.51. The van der Waals surface area contributed by atoms with E-state index in [4.69, 9.17) is 9.72 Å². The average Bonchev–Trinajstić information content (AvgIpc) is 3.42. The van der Waals surface area contributed by atoms with E-state index in [0.29, 0.717) is 18.4 Å². The number of ether oxygens (including phenoxy) is 1. The van der Waals surface area contributed by atoms with Crippen LogP contribution in [0.3, 0.4) is 0 Å². The van der Waals surface area contributed by atoms with Gasteiger partial charge in [0.15, 0.2) is 10.7 Å². The lowest BCUT2D eigenvalue weighted by atomic mass is 10.1. The number of rotatable bonds is 6. The van der Waals surface area contributed by atoms with Gasteiger partial charge in [-0.05, 0) is 37.7 Å². The summed E-state index contributed by atoms with van der Waals surface area (Å²) in [6, 6.07) is 10.4. The molecular formula is C24H30N4O2S. The molecule has 0 radical (unpaired) electrons. The van der Waals surface area contributed by atoms with Crippen LogP contribution in [0.25, 0.3) is 4.96 Å². The first-order chi connectivity index (χ1) is 15.3. The van der Waals surface area contributed by atoms with Gasteiger partial charge >= 0.3 is 0 Å². The van der Waals surface area contributed by atoms with Crippen molar-refractivity contribution in [1.82, 2.24) is 19.2 Å². The molecule has 0 saturated carbocycles. The van der Waals surface area contributed by atoms with Gasteiger partial charge in [-0.2, -0.15) is 0 Å². The van der Waals surface area contributed by atoms with E-state index in [1.807, 2.05) is 22.5 Å². The molecule has 1 aromatic carbocycles. The van der Waals surface area contributed by atoms with Crippen LogP contribution >= 0.6 is 11.3 Å². The van der Waals surface area contributed by atoms with Crippen molar-refractivity contribution >= 4 is 22.2 Å². The highest BCUT2D eigenvalue weighted by Gasteiger charge is 2.28. The molecule has 2 aliphatic rings. The van der Waals surface area contributed by atoms with Crippen molar-refractivity contribution in [1.29, 1.82) is 0 Å². The fourth-order valence-corrected chi connectivity index (χ4v) is 5.37. The summed E-state index contributed by atoms with van der Waals surface area (Å²) in [6.07, 6.45) is 7.81. The molecule has 3 aromatic rings. The summed E-state index contributed by atoms with van der Waals surface area (Å²) in [4.78, 5) is 23.3. The summed E-state index contributed by atoms with van der Waals surface area (Å²) in [7, 11) is 0. The average molecular weight is 439 g/mol. The zero-order valence-corrected chi connectivity index (χ0v) is 18.7. The van der Waals surface area contributed by atoms with Gasteiger partial charge in [0, 0.05) is 44.3 Å². The lowest BCUT2D eigenvalue weighted by Gasteiger charge is -2.32. The van der Waals surface area contributed by atoms with Crippen molar-refractivity contribution in [2.45, 2.75) is 51.4 Å². The Hall–Kier alpha value is -2.22. The first-order valence-electron chi connectivity index (χ1n) is 11.4. The van der Waals surface area contributed by atoms with E-state index in [2.05, 4.69) is 33.6 Å². The maximum atomic E-state index is 13.2. The van der Waals surface area contributed by atoms with Crippen LogP contribution in [0.2, 0.25) is 0 Å². The van der Waals surface area contributed by atoms with E-state index in [-0.39, 0.29) is 5.91 Å². The summed E-state index contributed by atoms with van der Waals surface area (Å²) in [5.41, 5.74) is 2.91. The third-order valence-electron chi connectivity index (χ3n) is 6.44. The van der Waals surface area contributed by atoms with Crippen molar-refractivity contribution < 1.29 is 9.53 Å². The van der Waals surface area contributed by atoms with E-state index in [9.17, 15) is 4.79 Å². The molecule has 0 N–H and O–H groups in total. The number of fused-ring (bicyclic) bond motifs is 1. The number of amides is 1. The predicted molar refractivity (Wildman–Crippen MR) is 122 cm³/mol. The van der Waals surface area contributed by atoms with E-state index in [1.54, 1.807) is 11.3 Å². The number of likely N-dealkylation sites (tertiary alicyclic amines) is 2. The molecule has 0 spiro atoms. The third kappa shape index (κ3) is 4.68. The lowest BCUT2D eigenvalue weighted by Crippen LogP contribution is -2.38. The second-order valence-corrected chi connectivity index (χ2v) is 9.46. The van der Waals surface area contributed by atoms with Gasteiger partial charge in [0.1, 0.15) is 0 Å². The summed E-state index contributed by atoms with van der Waals surface area (Å²) in [5, 5.41) is 2.05. The van der Waals surface area contributed by atoms with Gasteiger partial charge in [-0.3, -0.25) is 14.1 Å². The standard InChI is InChI=1S/C24H30N4O2S/c29-23(27-11-5-2-6-12-27)22-21(28-15-16-31-24(28)25-22)17-26-13-9-20(10-14-26)30-18-19-7-3-1-4-8-19/h1,3-4,7-8,15-16,20H,2,5-6,9-14,17-18H2. The molecular weight excluding hydrogens is 408 g/mol. The molecule has 2 fully saturated rings. The Morgan fingerprint density at radius 1 is 1.06 bits per heavy atom. The summed E-state index contributed by atoms with van der Waals surface area (Å²) in [6.45, 7) is 5.11. The lowest BCUT2D eigenvalue weighted by molar-refractivity contribution is -0.00425. The molecule has 5 rings (SSSR count). The van der Waals surface area contributed by atoms with Crippen molar-refractivity contribution in [2.75, 3.05) is 26.2 Å². The number of hydrogen-bond acceptors (Lipinski definition) is 5. The molecule has 0 aliphatic carbocycles. The zero-order chi connectivity index (χ0) is 21.0. The molecule has 7 heteroatoms. The number of imidazole rings is 1. The van der Waals surface area contributed by atoms with Crippen LogP contribution in [0.1, 0.15) is 53.8 Å². The van der Waals surface area contributed by atoms with Gasteiger partial charge in [0.2, 0.25) is 0 Å². The number of benzene rings is 1. The van der Waals surface area contributed by atoms with Crippen molar-refractivity contribution in [3.8, 4) is 0 Å². The number of carbonyl (C=O) groups is 1. The molecule has 0 bridgehead atoms. The Labute approximate surface area is 187 Å². The Balaban J connectivity index is 1.22. The molecule has 0 atom stereocenters. The first kappa shape index (κ1) is 20.7. The Bertz CT molecular complexity index is 1000. The maximum absolute atomic E-state index is 13.2. The number of hydrogen-bond donors (Lipinski definition) is 0. The summed E-state index contributed by atoms with van der Waals surface area (Å²) < 4.78 is 8.26. The van der Waals surface area contributed by atoms with E-state index >= 15 is 0 Å². The quantitative estimate of drug-likeness (QED) is 0.579. The maximum Gasteiger partial charge on any atom is 0.274 e. The molecule has 1 amide bonds. The van der Waals surface area contributed by atoms with Crippen LogP contribution in [0.5, 0.6) is 0 Å². The van der Waals surface area contributed by atoms with E-state index < -0.39 is 0 Å². The van der Waals surface area contributed by atoms with Gasteiger partial charge in [-0.1, -0.05) is 30.3 Å². The smallest absolute Gasteiger partial charge is 0.274 e. The largest absolute Gasteiger partial charge is 0.373 e. The molecule has 2 saturated heterocycles. The normalized spacial score (nSPS) is 18.6. The molecule has 31 heavy (non-hydrogen) atoms. The molecule has 4 heterocycles. The van der Waals surface area contributed by atoms with Crippen LogP contribution < -0.4 is 0 Å². The fourth-order valence-electron chi connectivity index (χ4n) is 4.64. The minimum Gasteiger partial charge on any atom is -0.373 e. The highest BCUT2D eigenvalue weighted by molar-refractivity contribution is 7.15. The molecule has 2 aliphatic heterocycles. The SMILES string of the molecule is O=C(c1nc2sccn2c1CN1CCC(OCc2ccccc2)CC1)N1CCCCC1. The minimum atomic E-state index is 0.103. The van der Waals surface area contributed by atoms with Crippen molar-refractivity contribution in [3.63, 3.8) is 0 Å². The first-order valence-corrected chi connectivity index (χ1v) is 12.3. The highest BCUT2D eigenvalue weighted by atomic mass is 32.1. The Morgan fingerprint density at radius 3 is 2.61 bits per heavy atom. The van der Waals surface area contributed by atoms with Crippen LogP contribution in [0.15, 0.2) is 41.9 Å². The molecule has 164 valence electrons. The van der Waals surface area contributed by atoms with Crippen LogP contribution in [-0.2, 0) is 17.9 Å². The Kier molecular flexibility index (Phi) is 6.34. The zero-order valence-electron chi connectivity index (χ0n) is 17.9. The number of piperidine rings is 2. The molecule has 6 nitrogen and oxygen atoms in total. The minimum absolute atomic E-state index is 0.103. The van der Waals surface area contributed by atoms with Crippen LogP contribution in [0.4, 0.5) is 0 Å². The van der Waals surface area contributed by atoms with Gasteiger partial charge in [0.25, 0.3) is 5.91 Å². The summed E-state index contributed by atoms with van der Waals surface area (Å²) >= 11 is 1.60. The van der Waals surface area contributed by atoms with Crippen LogP contribution in [0, 0.1) is 0 Å². The van der Waals surface area contributed by atoms with E-state index in [1.165, 1.54) is 12.0 Å². The topological polar surface area (TPSA) is 50.1 Å². The number of carbonyl (C=O) groups excluding carboxylic acids is 1. The molecule has 2 aromatic heterocycles. The van der Waals surface area contributed by atoms with Gasteiger partial charge in [0.05, 0.1) is 18.4 Å². The van der Waals surface area contributed by atoms with Crippen molar-refractivity contribution in [2.24, 2.45) is 0 Å². The third-order valence-corrected chi connectivity index (χ3v) is 7.20. The second-order valence-electron chi connectivity index (χ2n) is 8.59. The fraction of sp³-hybridized carbons (Fsp3) is 0.500. The van der Waals surface area contributed by atoms with Gasteiger partial charge < -0.3 is 9.64 Å². The number of thiazole rings is 1. The molecule has 0 unspecified atom stereocenters. The monoisotopic (exact) mass is 438 g/mol. The number of aromatic nitrogens is 2. The number of nitrogens with zero attached hydrogens (tertiary/aromatic N) is 4. The highest BCUT2D eigenvalue weighted by Crippen LogP contribution is 2.24. The van der Waals surface area contributed by atoms with Crippen LogP contribution in [-0.4, -0.2) is 57.4 Å². The van der Waals surface area contributed by atoms with E-state index in [0.717, 1.165) is 69.1 Å². The van der Waals surface area contributed by atoms with Crippen molar-refractivity contribution in [3.05, 3.63) is 58.9 Å². The predicted octanol–water partition coefficient (Wildman–Crippen LogP) is 4.20. The van der Waals surface area contributed by atoms with Gasteiger partial charge in [-0.15, -0.1) is 11.3 Å². The summed E-state index contributed by atoms with van der Waals surface area (Å²) in [5.74, 6) is 0.103. The Morgan fingerprint density at radius 2 is 1.84 bits per heavy atom. The van der Waals surface area contributed by atoms with Gasteiger partial charge in [-0.25, -0.2) is 4.98 Å².